The number of aromatic nitrogens is 1. The molecule has 0 spiro atoms. The number of carbonyl (C=O) groups excluding carboxylic acids is 1. The molecule has 0 radical (unpaired) electrons. The molecule has 0 amide bonds. The number of allylic oxidation sites excluding steroid dienone is 1. The summed E-state index contributed by atoms with van der Waals surface area (Å²) < 4.78 is 50.6. The number of halogens is 3. The average molecular weight is 624 g/mol. The summed E-state index contributed by atoms with van der Waals surface area (Å²) in [6.45, 7) is 7.71. The van der Waals surface area contributed by atoms with Crippen LogP contribution in [0.4, 0.5) is 24.5 Å². The zero-order chi connectivity index (χ0) is 32.1. The lowest BCUT2D eigenvalue weighted by Crippen LogP contribution is -2.59. The minimum absolute atomic E-state index is 0.0837. The van der Waals surface area contributed by atoms with Gasteiger partial charge in [0.05, 0.1) is 56.3 Å². The number of ether oxygens (including phenoxy) is 1. The number of rotatable bonds is 1. The number of hydrogen-bond acceptors (Lipinski definition) is 5. The molecule has 1 aromatic heterocycles. The number of quaternary nitrogens is 1. The largest absolute Gasteiger partial charge is 0.497 e. The van der Waals surface area contributed by atoms with E-state index in [1.165, 1.54) is 11.3 Å². The van der Waals surface area contributed by atoms with E-state index in [1.807, 2.05) is 0 Å². The van der Waals surface area contributed by atoms with Crippen LogP contribution in [0.3, 0.4) is 0 Å². The average Bonchev–Trinajstić information content (AvgIpc) is 3.56. The van der Waals surface area contributed by atoms with Crippen molar-refractivity contribution in [1.29, 1.82) is 0 Å². The highest BCUT2D eigenvalue weighted by Crippen LogP contribution is 2.45. The van der Waals surface area contributed by atoms with E-state index in [0.717, 1.165) is 37.3 Å². The van der Waals surface area contributed by atoms with E-state index >= 15 is 0 Å². The topological polar surface area (TPSA) is 54.5 Å². The zero-order valence-corrected chi connectivity index (χ0v) is 27.1. The Hall–Kier alpha value is -3.33. The number of hydrogen-bond donors (Lipinski definition) is 1. The maximum absolute atomic E-state index is 14.8. The van der Waals surface area contributed by atoms with Gasteiger partial charge in [-0.15, -0.1) is 0 Å². The first-order valence-corrected chi connectivity index (χ1v) is 16.5. The monoisotopic (exact) mass is 623 g/mol. The lowest BCUT2D eigenvalue weighted by Gasteiger charge is -2.43. The van der Waals surface area contributed by atoms with Crippen molar-refractivity contribution in [2.45, 2.75) is 83.9 Å². The highest BCUT2D eigenvalue weighted by Gasteiger charge is 2.56. The number of likely N-dealkylation sites (N-methyl/N-ethyl adjacent to an activating group) is 1. The van der Waals surface area contributed by atoms with Crippen molar-refractivity contribution < 1.29 is 27.2 Å². The molecule has 6 nitrogen and oxygen atoms in total. The van der Waals surface area contributed by atoms with Gasteiger partial charge in [-0.1, -0.05) is 19.9 Å². The van der Waals surface area contributed by atoms with Gasteiger partial charge in [-0.2, -0.15) is 13.2 Å². The van der Waals surface area contributed by atoms with Crippen LogP contribution in [0.25, 0.3) is 5.57 Å². The van der Waals surface area contributed by atoms with Crippen molar-refractivity contribution in [3.8, 4) is 0 Å². The molecule has 6 rings (SSSR count). The van der Waals surface area contributed by atoms with E-state index < -0.39 is 12.2 Å². The van der Waals surface area contributed by atoms with Crippen molar-refractivity contribution in [3.63, 3.8) is 0 Å². The molecule has 9 heteroatoms. The fourth-order valence-corrected chi connectivity index (χ4v) is 7.66. The van der Waals surface area contributed by atoms with E-state index in [2.05, 4.69) is 53.3 Å². The minimum atomic E-state index is -4.50. The fraction of sp³-hybridized carbons (Fsp3) is 0.556. The van der Waals surface area contributed by atoms with Crippen LogP contribution in [0.15, 0.2) is 48.0 Å². The Morgan fingerprint density at radius 1 is 1.09 bits per heavy atom. The molecule has 0 saturated heterocycles. The Bertz CT molecular complexity index is 1530. The molecule has 1 N–H and O–H groups in total. The first-order valence-electron chi connectivity index (χ1n) is 16.5. The number of nitrogens with zero attached hydrogens (tertiary/aromatic N) is 3. The van der Waals surface area contributed by atoms with Crippen molar-refractivity contribution in [1.82, 2.24) is 4.98 Å². The summed E-state index contributed by atoms with van der Waals surface area (Å²) >= 11 is 0. The predicted molar refractivity (Wildman–Crippen MR) is 172 cm³/mol. The third kappa shape index (κ3) is 6.51. The van der Waals surface area contributed by atoms with Crippen LogP contribution in [-0.4, -0.2) is 61.3 Å². The highest BCUT2D eigenvalue weighted by atomic mass is 19.4. The second-order valence-corrected chi connectivity index (χ2v) is 14.3. The maximum atomic E-state index is 14.8. The Labute approximate surface area is 264 Å². The van der Waals surface area contributed by atoms with Crippen LogP contribution in [0.1, 0.15) is 92.0 Å². The number of pyridine rings is 1. The fourth-order valence-electron chi connectivity index (χ4n) is 7.66. The SMILES string of the molecule is Cc1cc2cc(n1)C1=C(CC[N+](C)(C)C1C(F)(F)F)OCC1CCC(C1)CN1/C(=C\CCCC2=O)Nc2ccc(C(C)C)cc21. The number of aryl methyl sites for hydroxylation is 1. The molecule has 3 aliphatic heterocycles. The van der Waals surface area contributed by atoms with Crippen LogP contribution in [0.2, 0.25) is 0 Å². The van der Waals surface area contributed by atoms with E-state index in [0.29, 0.717) is 67.7 Å². The first-order chi connectivity index (χ1) is 21.3. The number of anilines is 2. The number of ketones is 1. The molecule has 1 saturated carbocycles. The van der Waals surface area contributed by atoms with Crippen LogP contribution in [0.5, 0.6) is 0 Å². The smallest absolute Gasteiger partial charge is 0.446 e. The summed E-state index contributed by atoms with van der Waals surface area (Å²) in [6, 6.07) is 8.10. The van der Waals surface area contributed by atoms with Crippen LogP contribution in [0, 0.1) is 18.8 Å². The molecule has 4 bridgehead atoms. The van der Waals surface area contributed by atoms with Gasteiger partial charge in [0.2, 0.25) is 6.04 Å². The number of nitrogens with one attached hydrogen (secondary N) is 1. The molecule has 4 heterocycles. The Morgan fingerprint density at radius 3 is 2.62 bits per heavy atom. The van der Waals surface area contributed by atoms with Gasteiger partial charge < -0.3 is 19.4 Å². The van der Waals surface area contributed by atoms with Gasteiger partial charge in [0.25, 0.3) is 0 Å². The lowest BCUT2D eigenvalue weighted by atomic mass is 9.91. The van der Waals surface area contributed by atoms with Gasteiger partial charge in [-0.3, -0.25) is 9.78 Å². The molecule has 3 atom stereocenters. The Morgan fingerprint density at radius 2 is 1.87 bits per heavy atom. The predicted octanol–water partition coefficient (Wildman–Crippen LogP) is 8.21. The van der Waals surface area contributed by atoms with Gasteiger partial charge in [0.1, 0.15) is 11.6 Å². The summed E-state index contributed by atoms with van der Waals surface area (Å²) in [5.41, 5.74) is 4.80. The molecule has 45 heavy (non-hydrogen) atoms. The molecule has 3 unspecified atom stereocenters. The maximum Gasteiger partial charge on any atom is 0.446 e. The Kier molecular flexibility index (Phi) is 8.52. The summed E-state index contributed by atoms with van der Waals surface area (Å²) in [6.07, 6.45) is 2.74. The number of fused-ring (bicyclic) bond motifs is 8. The van der Waals surface area contributed by atoms with E-state index in [1.54, 1.807) is 33.2 Å². The van der Waals surface area contributed by atoms with Gasteiger partial charge in [-0.05, 0) is 92.7 Å². The molecule has 1 aliphatic carbocycles. The van der Waals surface area contributed by atoms with Gasteiger partial charge in [0, 0.05) is 24.2 Å². The molecule has 1 fully saturated rings. The van der Waals surface area contributed by atoms with Crippen LogP contribution < -0.4 is 10.2 Å². The van der Waals surface area contributed by atoms with Crippen molar-refractivity contribution >= 4 is 22.7 Å². The standard InChI is InChI=1S/C36H46F3N4O2/c1-22(2)26-12-13-28-30(19-26)42-20-24-10-11-25(17-24)21-45-32-14-15-43(4,5)35(36(37,38)39)34(32)29-18-27(16-23(3)40-29)31(44)8-6-7-9-33(42)41-28/h9,12-13,16,18-19,22,24-25,35,41H,6-8,10-11,14-15,17,20-21H2,1-5H3/q+1/b33-9-. The van der Waals surface area contributed by atoms with Gasteiger partial charge in [-0.25, -0.2) is 0 Å². The van der Waals surface area contributed by atoms with Crippen molar-refractivity contribution in [3.05, 3.63) is 70.5 Å². The van der Waals surface area contributed by atoms with Crippen molar-refractivity contribution in [2.75, 3.05) is 44.0 Å². The summed E-state index contributed by atoms with van der Waals surface area (Å²) in [7, 11) is 3.24. The van der Waals surface area contributed by atoms with E-state index in [9.17, 15) is 18.0 Å². The van der Waals surface area contributed by atoms with Crippen molar-refractivity contribution in [2.24, 2.45) is 11.8 Å². The zero-order valence-electron chi connectivity index (χ0n) is 27.1. The van der Waals surface area contributed by atoms with E-state index in [4.69, 9.17) is 4.74 Å². The molecule has 1 aromatic carbocycles. The second-order valence-electron chi connectivity index (χ2n) is 14.3. The third-order valence-corrected chi connectivity index (χ3v) is 10.1. The Balaban J connectivity index is 1.37. The quantitative estimate of drug-likeness (QED) is 0.325. The molecular weight excluding hydrogens is 577 g/mol. The number of Topliss-reactive ketones (excluding diaryl/α,β-unsaturated/α-hetero) is 1. The second kappa shape index (κ2) is 12.1. The summed E-state index contributed by atoms with van der Waals surface area (Å²) in [5.74, 6) is 2.48. The highest BCUT2D eigenvalue weighted by molar-refractivity contribution is 5.97. The number of benzene rings is 1. The minimum Gasteiger partial charge on any atom is -0.497 e. The molecule has 242 valence electrons. The third-order valence-electron chi connectivity index (χ3n) is 10.1. The van der Waals surface area contributed by atoms with Crippen LogP contribution >= 0.6 is 0 Å². The van der Waals surface area contributed by atoms with Gasteiger partial charge in [0.15, 0.2) is 5.78 Å². The molecular formula is C36H46F3N4O2+. The first kappa shape index (κ1) is 31.6. The van der Waals surface area contributed by atoms with Crippen LogP contribution in [-0.2, 0) is 4.74 Å². The summed E-state index contributed by atoms with van der Waals surface area (Å²) in [4.78, 5) is 20.4. The van der Waals surface area contributed by atoms with Gasteiger partial charge >= 0.3 is 6.18 Å². The summed E-state index contributed by atoms with van der Waals surface area (Å²) in [5, 5.41) is 3.63. The normalized spacial score (nSPS) is 26.6. The number of carbonyl (C=O) groups is 1. The lowest BCUT2D eigenvalue weighted by molar-refractivity contribution is -0.919. The van der Waals surface area contributed by atoms with E-state index in [-0.39, 0.29) is 27.5 Å². The molecule has 4 aliphatic rings. The number of alkyl halides is 3. The molecule has 2 aromatic rings.